The third-order valence-corrected chi connectivity index (χ3v) is 7.03. The minimum absolute atomic E-state index is 0.0405. The molecule has 0 spiro atoms. The lowest BCUT2D eigenvalue weighted by atomic mass is 10.0. The first-order valence-corrected chi connectivity index (χ1v) is 11.7. The van der Waals surface area contributed by atoms with E-state index < -0.39 is 40.0 Å². The summed E-state index contributed by atoms with van der Waals surface area (Å²) in [7, 11) is -3.97. The van der Waals surface area contributed by atoms with Gasteiger partial charge in [-0.1, -0.05) is 43.3 Å². The first kappa shape index (κ1) is 25.4. The van der Waals surface area contributed by atoms with E-state index in [4.69, 9.17) is 0 Å². The molecule has 0 saturated carbocycles. The summed E-state index contributed by atoms with van der Waals surface area (Å²) in [5.41, 5.74) is 0.949. The molecule has 5 nitrogen and oxygen atoms in total. The highest BCUT2D eigenvalue weighted by Gasteiger charge is 2.30. The number of likely N-dealkylation sites (N-methyl/N-ethyl adjacent to an activating group) is 1. The molecule has 1 amide bonds. The SMILES string of the molecule is CCN(CC(=O)NCc1ccc(-c2cccc(C(F)(F)F)c2)cc1)S(=O)(=O)c1ccc(F)cc1. The summed E-state index contributed by atoms with van der Waals surface area (Å²) in [4.78, 5) is 12.2. The topological polar surface area (TPSA) is 66.5 Å². The summed E-state index contributed by atoms with van der Waals surface area (Å²) in [6, 6.07) is 16.0. The number of hydrogen-bond acceptors (Lipinski definition) is 3. The molecule has 0 heterocycles. The maximum atomic E-state index is 13.1. The summed E-state index contributed by atoms with van der Waals surface area (Å²) in [5, 5.41) is 2.63. The van der Waals surface area contributed by atoms with Crippen LogP contribution in [0.1, 0.15) is 18.1 Å². The molecular formula is C24H22F4N2O3S. The van der Waals surface area contributed by atoms with Crippen molar-refractivity contribution in [1.29, 1.82) is 0 Å². The zero-order valence-corrected chi connectivity index (χ0v) is 19.0. The lowest BCUT2D eigenvalue weighted by Gasteiger charge is -2.20. The van der Waals surface area contributed by atoms with Gasteiger partial charge in [-0.3, -0.25) is 4.79 Å². The zero-order chi connectivity index (χ0) is 24.9. The summed E-state index contributed by atoms with van der Waals surface area (Å²) < 4.78 is 78.3. The van der Waals surface area contributed by atoms with Crippen molar-refractivity contribution in [2.24, 2.45) is 0 Å². The molecule has 3 aromatic rings. The fourth-order valence-corrected chi connectivity index (χ4v) is 4.63. The molecule has 3 aromatic carbocycles. The Morgan fingerprint density at radius 1 is 0.941 bits per heavy atom. The molecule has 10 heteroatoms. The van der Waals surface area contributed by atoms with E-state index in [0.717, 1.165) is 40.7 Å². The number of hydrogen-bond donors (Lipinski definition) is 1. The van der Waals surface area contributed by atoms with Gasteiger partial charge in [-0.2, -0.15) is 17.5 Å². The van der Waals surface area contributed by atoms with Gasteiger partial charge in [0, 0.05) is 13.1 Å². The number of benzene rings is 3. The van der Waals surface area contributed by atoms with E-state index in [1.807, 2.05) is 0 Å². The lowest BCUT2D eigenvalue weighted by Crippen LogP contribution is -2.40. The van der Waals surface area contributed by atoms with Crippen LogP contribution in [0.15, 0.2) is 77.7 Å². The predicted octanol–water partition coefficient (Wildman–Crippen LogP) is 4.84. The molecule has 0 unspecified atom stereocenters. The molecule has 0 atom stereocenters. The molecule has 0 aromatic heterocycles. The lowest BCUT2D eigenvalue weighted by molar-refractivity contribution is -0.137. The molecular weight excluding hydrogens is 472 g/mol. The molecule has 180 valence electrons. The van der Waals surface area contributed by atoms with Crippen LogP contribution in [0, 0.1) is 5.82 Å². The number of sulfonamides is 1. The largest absolute Gasteiger partial charge is 0.416 e. The smallest absolute Gasteiger partial charge is 0.351 e. The van der Waals surface area contributed by atoms with Crippen LogP contribution in [0.25, 0.3) is 11.1 Å². The van der Waals surface area contributed by atoms with Crippen molar-refractivity contribution in [2.75, 3.05) is 13.1 Å². The molecule has 1 N–H and O–H groups in total. The average Bonchev–Trinajstić information content (AvgIpc) is 2.81. The van der Waals surface area contributed by atoms with E-state index in [1.165, 1.54) is 6.07 Å². The van der Waals surface area contributed by atoms with Gasteiger partial charge >= 0.3 is 6.18 Å². The van der Waals surface area contributed by atoms with Gasteiger partial charge < -0.3 is 5.32 Å². The number of carbonyl (C=O) groups is 1. The Kier molecular flexibility index (Phi) is 7.73. The standard InChI is InChI=1S/C24H22F4N2O3S/c1-2-30(34(32,33)22-12-10-21(25)11-13-22)16-23(31)29-15-17-6-8-18(9-7-17)19-4-3-5-20(14-19)24(26,27)28/h3-14H,2,15-16H2,1H3,(H,29,31). The van der Waals surface area contributed by atoms with Crippen LogP contribution < -0.4 is 5.32 Å². The van der Waals surface area contributed by atoms with Crippen LogP contribution in [0.5, 0.6) is 0 Å². The molecule has 0 aliphatic heterocycles. The van der Waals surface area contributed by atoms with Crippen molar-refractivity contribution in [2.45, 2.75) is 24.5 Å². The van der Waals surface area contributed by atoms with E-state index in [-0.39, 0.29) is 18.0 Å². The fourth-order valence-electron chi connectivity index (χ4n) is 3.23. The van der Waals surface area contributed by atoms with Crippen LogP contribution in [0.3, 0.4) is 0 Å². The molecule has 0 aliphatic carbocycles. The second kappa shape index (κ2) is 10.4. The number of amides is 1. The van der Waals surface area contributed by atoms with Crippen molar-refractivity contribution in [3.8, 4) is 11.1 Å². The van der Waals surface area contributed by atoms with Crippen molar-refractivity contribution in [1.82, 2.24) is 9.62 Å². The monoisotopic (exact) mass is 494 g/mol. The maximum absolute atomic E-state index is 13.1. The van der Waals surface area contributed by atoms with Crippen LogP contribution in [-0.2, 0) is 27.5 Å². The fraction of sp³-hybridized carbons (Fsp3) is 0.208. The molecule has 0 fully saturated rings. The van der Waals surface area contributed by atoms with Gasteiger partial charge in [0.05, 0.1) is 17.0 Å². The van der Waals surface area contributed by atoms with Crippen LogP contribution >= 0.6 is 0 Å². The highest BCUT2D eigenvalue weighted by atomic mass is 32.2. The quantitative estimate of drug-likeness (QED) is 0.456. The first-order chi connectivity index (χ1) is 16.0. The third-order valence-electron chi connectivity index (χ3n) is 5.09. The summed E-state index contributed by atoms with van der Waals surface area (Å²) >= 11 is 0. The molecule has 0 bridgehead atoms. The van der Waals surface area contributed by atoms with Crippen LogP contribution in [0.2, 0.25) is 0 Å². The molecule has 0 aliphatic rings. The Hall–Kier alpha value is -3.24. The minimum atomic E-state index is -4.43. The van der Waals surface area contributed by atoms with Crippen molar-refractivity contribution in [3.63, 3.8) is 0 Å². The zero-order valence-electron chi connectivity index (χ0n) is 18.1. The minimum Gasteiger partial charge on any atom is -0.351 e. The molecule has 0 radical (unpaired) electrons. The summed E-state index contributed by atoms with van der Waals surface area (Å²) in [6.45, 7) is 1.31. The van der Waals surface area contributed by atoms with Gasteiger partial charge in [-0.15, -0.1) is 0 Å². The normalized spacial score (nSPS) is 12.1. The van der Waals surface area contributed by atoms with Crippen molar-refractivity contribution in [3.05, 3.63) is 89.7 Å². The Morgan fingerprint density at radius 3 is 2.18 bits per heavy atom. The Labute approximate surface area is 195 Å². The van der Waals surface area contributed by atoms with Gasteiger partial charge in [-0.25, -0.2) is 12.8 Å². The van der Waals surface area contributed by atoms with Crippen LogP contribution in [-0.4, -0.2) is 31.7 Å². The van der Waals surface area contributed by atoms with E-state index >= 15 is 0 Å². The number of nitrogens with one attached hydrogen (secondary N) is 1. The van der Waals surface area contributed by atoms with Gasteiger partial charge in [0.25, 0.3) is 0 Å². The van der Waals surface area contributed by atoms with Gasteiger partial charge in [-0.05, 0) is 53.1 Å². The highest BCUT2D eigenvalue weighted by molar-refractivity contribution is 7.89. The Morgan fingerprint density at radius 2 is 1.59 bits per heavy atom. The third kappa shape index (κ3) is 6.21. The number of carbonyl (C=O) groups excluding carboxylic acids is 1. The van der Waals surface area contributed by atoms with E-state index in [9.17, 15) is 30.8 Å². The number of halogens is 4. The van der Waals surface area contributed by atoms with Crippen LogP contribution in [0.4, 0.5) is 17.6 Å². The number of rotatable bonds is 8. The summed E-state index contributed by atoms with van der Waals surface area (Å²) in [6.07, 6.45) is -4.43. The average molecular weight is 495 g/mol. The highest BCUT2D eigenvalue weighted by Crippen LogP contribution is 2.32. The Bertz CT molecular complexity index is 1240. The van der Waals surface area contributed by atoms with E-state index in [2.05, 4.69) is 5.32 Å². The van der Waals surface area contributed by atoms with Gasteiger partial charge in [0.2, 0.25) is 15.9 Å². The number of nitrogens with zero attached hydrogens (tertiary/aromatic N) is 1. The maximum Gasteiger partial charge on any atom is 0.416 e. The molecule has 0 saturated heterocycles. The van der Waals surface area contributed by atoms with Gasteiger partial charge in [0.15, 0.2) is 0 Å². The van der Waals surface area contributed by atoms with E-state index in [0.29, 0.717) is 16.7 Å². The summed E-state index contributed by atoms with van der Waals surface area (Å²) in [5.74, 6) is -1.10. The second-order valence-electron chi connectivity index (χ2n) is 7.44. The predicted molar refractivity (Wildman–Crippen MR) is 120 cm³/mol. The molecule has 3 rings (SSSR count). The first-order valence-electron chi connectivity index (χ1n) is 10.3. The van der Waals surface area contributed by atoms with Crippen molar-refractivity contribution >= 4 is 15.9 Å². The number of alkyl halides is 3. The van der Waals surface area contributed by atoms with Gasteiger partial charge in [0.1, 0.15) is 5.82 Å². The second-order valence-corrected chi connectivity index (χ2v) is 9.38. The molecule has 34 heavy (non-hydrogen) atoms. The van der Waals surface area contributed by atoms with E-state index in [1.54, 1.807) is 37.3 Å². The Balaban J connectivity index is 1.62. The van der Waals surface area contributed by atoms with Crippen molar-refractivity contribution < 1.29 is 30.8 Å².